The Labute approximate surface area is 106 Å². The molecule has 0 saturated heterocycles. The second-order valence-electron chi connectivity index (χ2n) is 4.20. The van der Waals surface area contributed by atoms with Crippen LogP contribution >= 0.6 is 0 Å². The number of anilines is 1. The van der Waals surface area contributed by atoms with E-state index in [2.05, 4.69) is 0 Å². The largest absolute Gasteiger partial charge is 0.464 e. The summed E-state index contributed by atoms with van der Waals surface area (Å²) < 4.78 is 4.74. The minimum Gasteiger partial charge on any atom is -0.464 e. The molecule has 0 radical (unpaired) electrons. The second-order valence-corrected chi connectivity index (χ2v) is 4.20. The van der Waals surface area contributed by atoms with Crippen LogP contribution in [-0.2, 0) is 16.0 Å². The lowest BCUT2D eigenvalue weighted by Crippen LogP contribution is -2.33. The van der Waals surface area contributed by atoms with E-state index in [1.165, 1.54) is 18.7 Å². The van der Waals surface area contributed by atoms with Crippen molar-refractivity contribution < 1.29 is 9.53 Å². The zero-order valence-corrected chi connectivity index (χ0v) is 10.4. The Morgan fingerprint density at radius 2 is 2.28 bits per heavy atom. The van der Waals surface area contributed by atoms with Crippen LogP contribution < -0.4 is 4.90 Å². The van der Waals surface area contributed by atoms with Crippen molar-refractivity contribution in [2.45, 2.75) is 19.4 Å². The number of carbonyl (C=O) groups excluding carboxylic acids is 1. The highest BCUT2D eigenvalue weighted by Gasteiger charge is 2.31. The first kappa shape index (κ1) is 12.2. The molecule has 4 heteroatoms. The monoisotopic (exact) mass is 242 g/mol. The molecule has 92 valence electrons. The smallest absolute Gasteiger partial charge is 0.355 e. The van der Waals surface area contributed by atoms with E-state index in [-0.39, 0.29) is 11.7 Å². The van der Waals surface area contributed by atoms with Gasteiger partial charge in [-0.05, 0) is 25.0 Å². The number of benzene rings is 1. The third kappa shape index (κ3) is 1.95. The molecule has 1 aromatic carbocycles. The fourth-order valence-corrected chi connectivity index (χ4v) is 2.33. The molecule has 4 nitrogen and oxygen atoms in total. The number of carbonyl (C=O) groups is 1. The van der Waals surface area contributed by atoms with E-state index in [4.69, 9.17) is 10.00 Å². The number of rotatable bonds is 2. The van der Waals surface area contributed by atoms with Crippen molar-refractivity contribution in [3.8, 4) is 6.07 Å². The van der Waals surface area contributed by atoms with Crippen LogP contribution in [0.3, 0.4) is 0 Å². The number of hydrogen-bond acceptors (Lipinski definition) is 4. The van der Waals surface area contributed by atoms with Crippen LogP contribution in [0.1, 0.15) is 12.5 Å². The molecule has 1 aliphatic rings. The van der Waals surface area contributed by atoms with Crippen LogP contribution in [0.4, 0.5) is 5.69 Å². The van der Waals surface area contributed by atoms with E-state index in [0.29, 0.717) is 0 Å². The zero-order valence-electron chi connectivity index (χ0n) is 10.4. The Balaban J connectivity index is 2.47. The average Bonchev–Trinajstić information content (AvgIpc) is 2.71. The predicted molar refractivity (Wildman–Crippen MR) is 67.8 cm³/mol. The lowest BCUT2D eigenvalue weighted by molar-refractivity contribution is -0.136. The van der Waals surface area contributed by atoms with Crippen LogP contribution in [0.2, 0.25) is 0 Å². The maximum absolute atomic E-state index is 11.8. The van der Waals surface area contributed by atoms with E-state index in [1.54, 1.807) is 0 Å². The number of ether oxygens (including phenoxy) is 1. The van der Waals surface area contributed by atoms with Crippen LogP contribution in [0.15, 0.2) is 36.0 Å². The number of methoxy groups -OCH3 is 1. The molecule has 0 amide bonds. The maximum atomic E-state index is 11.8. The molecule has 1 unspecified atom stereocenters. The summed E-state index contributed by atoms with van der Waals surface area (Å²) in [5.41, 5.74) is 2.44. The summed E-state index contributed by atoms with van der Waals surface area (Å²) in [5, 5.41) is 8.81. The normalized spacial score (nSPS) is 18.2. The van der Waals surface area contributed by atoms with Crippen LogP contribution in [-0.4, -0.2) is 19.1 Å². The summed E-state index contributed by atoms with van der Waals surface area (Å²) in [5.74, 6) is -0.486. The van der Waals surface area contributed by atoms with Gasteiger partial charge in [-0.2, -0.15) is 5.26 Å². The molecule has 0 saturated carbocycles. The lowest BCUT2D eigenvalue weighted by Gasteiger charge is -2.25. The van der Waals surface area contributed by atoms with Gasteiger partial charge < -0.3 is 9.64 Å². The van der Waals surface area contributed by atoms with Gasteiger partial charge in [-0.1, -0.05) is 18.2 Å². The van der Waals surface area contributed by atoms with Crippen molar-refractivity contribution in [2.75, 3.05) is 12.0 Å². The molecule has 1 heterocycles. The topological polar surface area (TPSA) is 53.3 Å². The number of esters is 1. The van der Waals surface area contributed by atoms with Crippen molar-refractivity contribution in [3.05, 3.63) is 41.6 Å². The predicted octanol–water partition coefficient (Wildman–Crippen LogP) is 2.02. The highest BCUT2D eigenvalue weighted by Crippen LogP contribution is 2.34. The number of nitriles is 1. The molecule has 0 spiro atoms. The summed E-state index contributed by atoms with van der Waals surface area (Å²) in [4.78, 5) is 13.6. The van der Waals surface area contributed by atoms with Gasteiger partial charge in [0.1, 0.15) is 5.70 Å². The number of para-hydroxylation sites is 1. The highest BCUT2D eigenvalue weighted by atomic mass is 16.5. The van der Waals surface area contributed by atoms with Gasteiger partial charge in [-0.25, -0.2) is 4.79 Å². The molecular weight excluding hydrogens is 228 g/mol. The van der Waals surface area contributed by atoms with E-state index in [9.17, 15) is 4.79 Å². The Morgan fingerprint density at radius 3 is 2.94 bits per heavy atom. The first-order valence-corrected chi connectivity index (χ1v) is 5.74. The summed E-state index contributed by atoms with van der Waals surface area (Å²) >= 11 is 0. The van der Waals surface area contributed by atoms with E-state index < -0.39 is 5.97 Å². The molecule has 0 N–H and O–H groups in total. The van der Waals surface area contributed by atoms with Gasteiger partial charge in [-0.3, -0.25) is 0 Å². The Kier molecular flexibility index (Phi) is 3.33. The van der Waals surface area contributed by atoms with E-state index in [1.807, 2.05) is 42.2 Å². The molecule has 1 aromatic rings. The molecule has 1 aliphatic heterocycles. The van der Waals surface area contributed by atoms with Gasteiger partial charge in [0.15, 0.2) is 0 Å². The molecule has 2 rings (SSSR count). The molecule has 0 fully saturated rings. The average molecular weight is 242 g/mol. The maximum Gasteiger partial charge on any atom is 0.355 e. The van der Waals surface area contributed by atoms with E-state index >= 15 is 0 Å². The fourth-order valence-electron chi connectivity index (χ4n) is 2.33. The van der Waals surface area contributed by atoms with Crippen molar-refractivity contribution in [1.29, 1.82) is 5.26 Å². The first-order valence-electron chi connectivity index (χ1n) is 5.74. The van der Waals surface area contributed by atoms with E-state index in [0.717, 1.165) is 12.1 Å². The molecular formula is C14H14N2O2. The number of hydrogen-bond donors (Lipinski definition) is 0. The van der Waals surface area contributed by atoms with Crippen molar-refractivity contribution in [2.24, 2.45) is 0 Å². The zero-order chi connectivity index (χ0) is 13.1. The lowest BCUT2D eigenvalue weighted by atomic mass is 10.1. The van der Waals surface area contributed by atoms with Crippen LogP contribution in [0.25, 0.3) is 0 Å². The van der Waals surface area contributed by atoms with Crippen molar-refractivity contribution >= 4 is 11.7 Å². The number of allylic oxidation sites excluding steroid dienone is 1. The minimum atomic E-state index is -0.486. The molecule has 18 heavy (non-hydrogen) atoms. The third-order valence-corrected chi connectivity index (χ3v) is 3.06. The van der Waals surface area contributed by atoms with Gasteiger partial charge in [0.05, 0.1) is 13.2 Å². The number of fused-ring (bicyclic) bond motifs is 1. The quantitative estimate of drug-likeness (QED) is 0.452. The van der Waals surface area contributed by atoms with Gasteiger partial charge in [0.2, 0.25) is 0 Å². The van der Waals surface area contributed by atoms with Gasteiger partial charge >= 0.3 is 5.97 Å². The van der Waals surface area contributed by atoms with Gasteiger partial charge in [-0.15, -0.1) is 0 Å². The van der Waals surface area contributed by atoms with Gasteiger partial charge in [0, 0.05) is 17.8 Å². The van der Waals surface area contributed by atoms with Gasteiger partial charge in [0.25, 0.3) is 0 Å². The minimum absolute atomic E-state index is 0.140. The van der Waals surface area contributed by atoms with Crippen LogP contribution in [0.5, 0.6) is 0 Å². The highest BCUT2D eigenvalue weighted by molar-refractivity contribution is 5.94. The first-order chi connectivity index (χ1) is 8.69. The summed E-state index contributed by atoms with van der Waals surface area (Å²) in [6.07, 6.45) is 2.10. The second kappa shape index (κ2) is 4.92. The Bertz CT molecular complexity index is 543. The SMILES string of the molecule is COC(=O)/C(=C\C#N)N1c2ccccc2CC1C. The third-order valence-electron chi connectivity index (χ3n) is 3.06. The molecule has 0 aliphatic carbocycles. The standard InChI is InChI=1S/C14H14N2O2/c1-10-9-11-5-3-4-6-12(11)16(10)13(7-8-15)14(17)18-2/h3-7,10H,9H2,1-2H3/b13-7+. The van der Waals surface area contributed by atoms with Crippen molar-refractivity contribution in [1.82, 2.24) is 0 Å². The summed E-state index contributed by atoms with van der Waals surface area (Å²) in [7, 11) is 1.32. The Morgan fingerprint density at radius 1 is 1.56 bits per heavy atom. The number of nitrogens with zero attached hydrogens (tertiary/aromatic N) is 2. The molecule has 0 aromatic heterocycles. The molecule has 1 atom stereocenters. The fraction of sp³-hybridized carbons (Fsp3) is 0.286. The summed E-state index contributed by atoms with van der Waals surface area (Å²) in [6.45, 7) is 2.02. The van der Waals surface area contributed by atoms with Crippen molar-refractivity contribution in [3.63, 3.8) is 0 Å². The Hall–Kier alpha value is -2.28. The van der Waals surface area contributed by atoms with Crippen LogP contribution in [0, 0.1) is 11.3 Å². The molecule has 0 bridgehead atoms. The summed E-state index contributed by atoms with van der Waals surface area (Å²) in [6, 6.07) is 9.93.